The third-order valence-corrected chi connectivity index (χ3v) is 5.43. The highest BCUT2D eigenvalue weighted by molar-refractivity contribution is 7.11. The minimum absolute atomic E-state index is 0.122. The highest BCUT2D eigenvalue weighted by atomic mass is 32.1. The summed E-state index contributed by atoms with van der Waals surface area (Å²) in [5.41, 5.74) is 0.122. The van der Waals surface area contributed by atoms with Gasteiger partial charge in [0.25, 0.3) is 0 Å². The third kappa shape index (κ3) is 3.00. The second kappa shape index (κ2) is 5.25. The molecule has 1 amide bonds. The molecule has 19 heavy (non-hydrogen) atoms. The minimum atomic E-state index is 0.122. The van der Waals surface area contributed by atoms with Gasteiger partial charge in [0.2, 0.25) is 5.91 Å². The van der Waals surface area contributed by atoms with Crippen LogP contribution in [-0.4, -0.2) is 29.4 Å². The molecule has 0 bridgehead atoms. The molecule has 0 radical (unpaired) electrons. The molecular weight excluding hydrogens is 256 g/mol. The number of carbonyl (C=O) groups excluding carboxylic acids is 1. The van der Waals surface area contributed by atoms with E-state index in [0.717, 1.165) is 45.3 Å². The Balaban J connectivity index is 1.60. The molecule has 0 saturated carbocycles. The van der Waals surface area contributed by atoms with Crippen LogP contribution in [0.3, 0.4) is 0 Å². The SMILES string of the molecule is Cc1ccc(CN2CCC[C@@]3(CCC(=O)N3)CC2)s1. The lowest BCUT2D eigenvalue weighted by Gasteiger charge is -2.27. The number of amides is 1. The zero-order chi connectivity index (χ0) is 13.3. The Morgan fingerprint density at radius 2 is 2.21 bits per heavy atom. The van der Waals surface area contributed by atoms with E-state index < -0.39 is 0 Å². The summed E-state index contributed by atoms with van der Waals surface area (Å²) in [4.78, 5) is 16.9. The van der Waals surface area contributed by atoms with Crippen molar-refractivity contribution in [3.8, 4) is 0 Å². The van der Waals surface area contributed by atoms with Crippen molar-refractivity contribution in [1.29, 1.82) is 0 Å². The molecule has 3 nitrogen and oxygen atoms in total. The van der Waals surface area contributed by atoms with Crippen molar-refractivity contribution in [2.45, 2.75) is 51.1 Å². The molecule has 2 fully saturated rings. The van der Waals surface area contributed by atoms with Crippen LogP contribution in [0.15, 0.2) is 12.1 Å². The molecule has 3 rings (SSSR count). The first-order chi connectivity index (χ1) is 9.15. The molecule has 1 aromatic rings. The number of hydrogen-bond acceptors (Lipinski definition) is 3. The fourth-order valence-corrected chi connectivity index (χ4v) is 4.28. The molecule has 2 aliphatic heterocycles. The van der Waals surface area contributed by atoms with E-state index >= 15 is 0 Å². The van der Waals surface area contributed by atoms with Crippen LogP contribution in [0.25, 0.3) is 0 Å². The van der Waals surface area contributed by atoms with Gasteiger partial charge >= 0.3 is 0 Å². The van der Waals surface area contributed by atoms with Crippen molar-refractivity contribution >= 4 is 17.2 Å². The van der Waals surface area contributed by atoms with Gasteiger partial charge in [0.1, 0.15) is 0 Å². The van der Waals surface area contributed by atoms with Gasteiger partial charge in [0.05, 0.1) is 0 Å². The Morgan fingerprint density at radius 1 is 1.32 bits per heavy atom. The van der Waals surface area contributed by atoms with Gasteiger partial charge in [-0.15, -0.1) is 11.3 Å². The van der Waals surface area contributed by atoms with Crippen LogP contribution in [0.5, 0.6) is 0 Å². The van der Waals surface area contributed by atoms with Gasteiger partial charge in [-0.25, -0.2) is 0 Å². The number of carbonyl (C=O) groups is 1. The number of likely N-dealkylation sites (tertiary alicyclic amines) is 1. The lowest BCUT2D eigenvalue weighted by atomic mass is 9.89. The standard InChI is InChI=1S/C15H22N2OS/c1-12-3-4-13(19-12)11-17-9-2-6-15(8-10-17)7-5-14(18)16-15/h3-4H,2,5-11H2,1H3,(H,16,18)/t15-/m1/s1. The summed E-state index contributed by atoms with van der Waals surface area (Å²) in [6.07, 6.45) is 5.23. The second-order valence-electron chi connectivity index (χ2n) is 5.97. The van der Waals surface area contributed by atoms with Crippen LogP contribution in [0, 0.1) is 6.92 Å². The van der Waals surface area contributed by atoms with Crippen LogP contribution < -0.4 is 5.32 Å². The Hall–Kier alpha value is -0.870. The highest BCUT2D eigenvalue weighted by Crippen LogP contribution is 2.32. The zero-order valence-corrected chi connectivity index (χ0v) is 12.4. The van der Waals surface area contributed by atoms with Crippen LogP contribution >= 0.6 is 11.3 Å². The molecule has 3 heterocycles. The number of thiophene rings is 1. The summed E-state index contributed by atoms with van der Waals surface area (Å²) in [5.74, 6) is 0.252. The van der Waals surface area contributed by atoms with Crippen LogP contribution in [0.1, 0.15) is 41.9 Å². The van der Waals surface area contributed by atoms with Crippen LogP contribution in [-0.2, 0) is 11.3 Å². The fourth-order valence-electron chi connectivity index (χ4n) is 3.35. The molecule has 1 spiro atoms. The number of aryl methyl sites for hydroxylation is 1. The molecule has 2 aliphatic rings. The van der Waals surface area contributed by atoms with E-state index in [1.54, 1.807) is 0 Å². The van der Waals surface area contributed by atoms with Gasteiger partial charge in [-0.05, 0) is 51.3 Å². The van der Waals surface area contributed by atoms with E-state index in [1.807, 2.05) is 11.3 Å². The molecular formula is C15H22N2OS. The van der Waals surface area contributed by atoms with E-state index in [9.17, 15) is 4.79 Å². The van der Waals surface area contributed by atoms with Gasteiger partial charge in [-0.1, -0.05) is 0 Å². The summed E-state index contributed by atoms with van der Waals surface area (Å²) in [5, 5.41) is 3.23. The smallest absolute Gasteiger partial charge is 0.220 e. The summed E-state index contributed by atoms with van der Waals surface area (Å²) in [6, 6.07) is 4.45. The van der Waals surface area contributed by atoms with E-state index in [4.69, 9.17) is 0 Å². The zero-order valence-electron chi connectivity index (χ0n) is 11.6. The number of rotatable bonds is 2. The second-order valence-corrected chi connectivity index (χ2v) is 7.34. The molecule has 104 valence electrons. The summed E-state index contributed by atoms with van der Waals surface area (Å²) in [7, 11) is 0. The maximum absolute atomic E-state index is 11.5. The molecule has 2 saturated heterocycles. The highest BCUT2D eigenvalue weighted by Gasteiger charge is 2.38. The van der Waals surface area contributed by atoms with E-state index in [0.29, 0.717) is 0 Å². The van der Waals surface area contributed by atoms with Gasteiger partial charge in [-0.2, -0.15) is 0 Å². The molecule has 1 aromatic heterocycles. The lowest BCUT2D eigenvalue weighted by Crippen LogP contribution is -2.42. The van der Waals surface area contributed by atoms with Crippen molar-refractivity contribution in [2.24, 2.45) is 0 Å². The first-order valence-corrected chi connectivity index (χ1v) is 8.06. The average molecular weight is 278 g/mol. The Bertz CT molecular complexity index is 470. The summed E-state index contributed by atoms with van der Waals surface area (Å²) < 4.78 is 0. The molecule has 1 N–H and O–H groups in total. The topological polar surface area (TPSA) is 32.3 Å². The molecule has 0 aromatic carbocycles. The summed E-state index contributed by atoms with van der Waals surface area (Å²) >= 11 is 1.90. The van der Waals surface area contributed by atoms with Crippen molar-refractivity contribution in [2.75, 3.05) is 13.1 Å². The largest absolute Gasteiger partial charge is 0.351 e. The number of hydrogen-bond donors (Lipinski definition) is 1. The first kappa shape index (κ1) is 13.1. The minimum Gasteiger partial charge on any atom is -0.351 e. The Kier molecular flexibility index (Phi) is 3.63. The monoisotopic (exact) mass is 278 g/mol. The fraction of sp³-hybridized carbons (Fsp3) is 0.667. The van der Waals surface area contributed by atoms with Crippen molar-refractivity contribution in [3.63, 3.8) is 0 Å². The first-order valence-electron chi connectivity index (χ1n) is 7.24. The van der Waals surface area contributed by atoms with E-state index in [-0.39, 0.29) is 11.4 Å². The lowest BCUT2D eigenvalue weighted by molar-refractivity contribution is -0.119. The maximum Gasteiger partial charge on any atom is 0.220 e. The van der Waals surface area contributed by atoms with Gasteiger partial charge in [-0.3, -0.25) is 9.69 Å². The number of nitrogens with one attached hydrogen (secondary N) is 1. The maximum atomic E-state index is 11.5. The Labute approximate surface area is 119 Å². The van der Waals surface area contributed by atoms with Crippen LogP contribution in [0.2, 0.25) is 0 Å². The van der Waals surface area contributed by atoms with Gasteiger partial charge in [0.15, 0.2) is 0 Å². The average Bonchev–Trinajstić information content (AvgIpc) is 2.87. The van der Waals surface area contributed by atoms with Gasteiger partial charge < -0.3 is 5.32 Å². The van der Waals surface area contributed by atoms with Crippen molar-refractivity contribution in [3.05, 3.63) is 21.9 Å². The van der Waals surface area contributed by atoms with E-state index in [1.165, 1.54) is 16.2 Å². The quantitative estimate of drug-likeness (QED) is 0.902. The molecule has 0 aliphatic carbocycles. The molecule has 4 heteroatoms. The van der Waals surface area contributed by atoms with Gasteiger partial charge in [0, 0.05) is 34.8 Å². The number of nitrogens with zero attached hydrogens (tertiary/aromatic N) is 1. The predicted octanol–water partition coefficient (Wildman–Crippen LogP) is 2.69. The van der Waals surface area contributed by atoms with Crippen molar-refractivity contribution in [1.82, 2.24) is 10.2 Å². The summed E-state index contributed by atoms with van der Waals surface area (Å²) in [6.45, 7) is 5.51. The normalized spacial score (nSPS) is 28.6. The third-order valence-electron chi connectivity index (χ3n) is 4.45. The van der Waals surface area contributed by atoms with E-state index in [2.05, 4.69) is 29.3 Å². The predicted molar refractivity (Wildman–Crippen MR) is 78.3 cm³/mol. The molecule has 1 atom stereocenters. The van der Waals surface area contributed by atoms with Crippen LogP contribution in [0.4, 0.5) is 0 Å². The Morgan fingerprint density at radius 3 is 2.89 bits per heavy atom. The van der Waals surface area contributed by atoms with Crippen molar-refractivity contribution < 1.29 is 4.79 Å². The molecule has 0 unspecified atom stereocenters.